The van der Waals surface area contributed by atoms with Gasteiger partial charge in [-0.05, 0) is 54.6 Å². The number of aromatic nitrogens is 1. The second kappa shape index (κ2) is 7.76. The maximum Gasteiger partial charge on any atom is 0.254 e. The Morgan fingerprint density at radius 1 is 1.00 bits per heavy atom. The fraction of sp³-hybridized carbons (Fsp3) is 0.200. The number of hydrogen-bond acceptors (Lipinski definition) is 4. The summed E-state index contributed by atoms with van der Waals surface area (Å²) in [7, 11) is 2.05. The topological polar surface area (TPSA) is 76.6 Å². The predicted molar refractivity (Wildman–Crippen MR) is 122 cm³/mol. The number of carbonyl (C=O) groups excluding carboxylic acids is 2. The first-order valence-electron chi connectivity index (χ1n) is 10.5. The van der Waals surface area contributed by atoms with Gasteiger partial charge in [0.15, 0.2) is 17.9 Å². The third-order valence-corrected chi connectivity index (χ3v) is 6.18. The van der Waals surface area contributed by atoms with E-state index in [1.165, 1.54) is 12.1 Å². The van der Waals surface area contributed by atoms with Crippen molar-refractivity contribution in [3.05, 3.63) is 65.5 Å². The van der Waals surface area contributed by atoms with Crippen molar-refractivity contribution in [2.75, 3.05) is 33.2 Å². The van der Waals surface area contributed by atoms with E-state index < -0.39 is 11.6 Å². The van der Waals surface area contributed by atoms with Crippen molar-refractivity contribution in [1.29, 1.82) is 0 Å². The Morgan fingerprint density at radius 3 is 2.50 bits per heavy atom. The molecule has 0 spiro atoms. The van der Waals surface area contributed by atoms with Gasteiger partial charge < -0.3 is 19.9 Å². The van der Waals surface area contributed by atoms with Crippen molar-refractivity contribution in [2.24, 2.45) is 0 Å². The Kier molecular flexibility index (Phi) is 4.90. The monoisotopic (exact) mass is 431 g/mol. The van der Waals surface area contributed by atoms with Crippen LogP contribution in [0.5, 0.6) is 5.75 Å². The smallest absolute Gasteiger partial charge is 0.254 e. The minimum atomic E-state index is -0.721. The summed E-state index contributed by atoms with van der Waals surface area (Å²) in [6.45, 7) is 3.09. The number of aromatic hydroxyl groups is 1. The van der Waals surface area contributed by atoms with Crippen LogP contribution in [0.4, 0.5) is 4.39 Å². The van der Waals surface area contributed by atoms with Gasteiger partial charge in [0.25, 0.3) is 5.91 Å². The molecular formula is C25H22FN3O3. The van der Waals surface area contributed by atoms with E-state index in [9.17, 15) is 19.1 Å². The molecule has 1 aromatic heterocycles. The standard InChI is InChI=1S/C25H22FN3O3/c1-28-6-8-29(9-7-28)25(32)16-2-4-19-20-11-17(15-3-5-23(31)21(26)12-15)10-18(14-30)24(20)27-22(19)13-16/h2-5,10-14,27,31H,6-9H2,1H3. The number of carbonyl (C=O) groups is 2. The lowest BCUT2D eigenvalue weighted by molar-refractivity contribution is 0.0664. The number of amides is 1. The number of benzene rings is 3. The third kappa shape index (κ3) is 3.40. The molecule has 2 heterocycles. The van der Waals surface area contributed by atoms with Crippen LogP contribution < -0.4 is 0 Å². The molecule has 0 radical (unpaired) electrons. The second-order valence-corrected chi connectivity index (χ2v) is 8.25. The molecule has 1 aliphatic rings. The maximum atomic E-state index is 13.9. The molecule has 0 saturated carbocycles. The first kappa shape index (κ1) is 20.2. The van der Waals surface area contributed by atoms with Crippen LogP contribution in [-0.4, -0.2) is 65.3 Å². The molecular weight excluding hydrogens is 409 g/mol. The summed E-state index contributed by atoms with van der Waals surface area (Å²) in [5.74, 6) is -1.15. The molecule has 32 heavy (non-hydrogen) atoms. The van der Waals surface area contributed by atoms with E-state index in [1.807, 2.05) is 36.2 Å². The lowest BCUT2D eigenvalue weighted by atomic mass is 9.99. The Balaban J connectivity index is 1.59. The fourth-order valence-electron chi connectivity index (χ4n) is 4.30. The number of halogens is 1. The van der Waals surface area contributed by atoms with Crippen LogP contribution >= 0.6 is 0 Å². The van der Waals surface area contributed by atoms with Crippen molar-refractivity contribution in [1.82, 2.24) is 14.8 Å². The summed E-state index contributed by atoms with van der Waals surface area (Å²) >= 11 is 0. The SMILES string of the molecule is CN1CCN(C(=O)c2ccc3c(c2)[nH]c2c(C=O)cc(-c4ccc(O)c(F)c4)cc23)CC1. The van der Waals surface area contributed by atoms with Crippen LogP contribution in [0.1, 0.15) is 20.7 Å². The highest BCUT2D eigenvalue weighted by atomic mass is 19.1. The van der Waals surface area contributed by atoms with Crippen molar-refractivity contribution in [3.63, 3.8) is 0 Å². The van der Waals surface area contributed by atoms with E-state index in [0.717, 1.165) is 35.7 Å². The number of hydrogen-bond donors (Lipinski definition) is 2. The molecule has 0 atom stereocenters. The van der Waals surface area contributed by atoms with E-state index in [-0.39, 0.29) is 5.91 Å². The summed E-state index contributed by atoms with van der Waals surface area (Å²) in [5, 5.41) is 11.2. The molecule has 7 heteroatoms. The summed E-state index contributed by atoms with van der Waals surface area (Å²) in [5.41, 5.74) is 3.69. The number of aromatic amines is 1. The zero-order valence-electron chi connectivity index (χ0n) is 17.6. The van der Waals surface area contributed by atoms with Crippen molar-refractivity contribution in [2.45, 2.75) is 0 Å². The highest BCUT2D eigenvalue weighted by molar-refractivity contribution is 6.14. The Labute approximate surface area is 183 Å². The molecule has 1 fully saturated rings. The molecule has 2 N–H and O–H groups in total. The van der Waals surface area contributed by atoms with Gasteiger partial charge in [0, 0.05) is 53.6 Å². The predicted octanol–water partition coefficient (Wildman–Crippen LogP) is 4.03. The third-order valence-electron chi connectivity index (χ3n) is 6.18. The molecule has 3 aromatic carbocycles. The maximum absolute atomic E-state index is 13.9. The number of nitrogens with zero attached hydrogens (tertiary/aromatic N) is 2. The van der Waals surface area contributed by atoms with Crippen LogP contribution in [0.2, 0.25) is 0 Å². The quantitative estimate of drug-likeness (QED) is 0.480. The van der Waals surface area contributed by atoms with Crippen molar-refractivity contribution >= 4 is 34.0 Å². The van der Waals surface area contributed by atoms with Gasteiger partial charge in [0.1, 0.15) is 0 Å². The van der Waals surface area contributed by atoms with E-state index >= 15 is 0 Å². The van der Waals surface area contributed by atoms with Crippen LogP contribution in [0.25, 0.3) is 32.9 Å². The van der Waals surface area contributed by atoms with E-state index in [2.05, 4.69) is 9.88 Å². The molecule has 0 aliphatic carbocycles. The van der Waals surface area contributed by atoms with Crippen LogP contribution in [0.3, 0.4) is 0 Å². The summed E-state index contributed by atoms with van der Waals surface area (Å²) in [6.07, 6.45) is 0.758. The second-order valence-electron chi connectivity index (χ2n) is 8.25. The summed E-state index contributed by atoms with van der Waals surface area (Å²) in [4.78, 5) is 32.1. The Bertz CT molecular complexity index is 1370. The van der Waals surface area contributed by atoms with Gasteiger partial charge in [0.2, 0.25) is 0 Å². The Hall–Kier alpha value is -3.71. The molecule has 1 amide bonds. The van der Waals surface area contributed by atoms with Gasteiger partial charge >= 0.3 is 0 Å². The number of aldehydes is 1. The molecule has 1 aliphatic heterocycles. The lowest BCUT2D eigenvalue weighted by Gasteiger charge is -2.32. The first-order valence-corrected chi connectivity index (χ1v) is 10.5. The van der Waals surface area contributed by atoms with E-state index in [1.54, 1.807) is 12.1 Å². The highest BCUT2D eigenvalue weighted by Crippen LogP contribution is 2.34. The Morgan fingerprint density at radius 2 is 1.78 bits per heavy atom. The largest absolute Gasteiger partial charge is 0.505 e. The number of piperazine rings is 1. The molecule has 5 rings (SSSR count). The molecule has 6 nitrogen and oxygen atoms in total. The molecule has 162 valence electrons. The number of fused-ring (bicyclic) bond motifs is 3. The minimum Gasteiger partial charge on any atom is -0.505 e. The van der Waals surface area contributed by atoms with E-state index in [0.29, 0.717) is 40.9 Å². The van der Waals surface area contributed by atoms with Gasteiger partial charge in [-0.15, -0.1) is 0 Å². The number of nitrogens with one attached hydrogen (secondary N) is 1. The van der Waals surface area contributed by atoms with Crippen molar-refractivity contribution < 1.29 is 19.1 Å². The number of likely N-dealkylation sites (N-methyl/N-ethyl adjacent to an activating group) is 1. The highest BCUT2D eigenvalue weighted by Gasteiger charge is 2.21. The molecule has 0 bridgehead atoms. The normalized spacial score (nSPS) is 14.9. The number of rotatable bonds is 3. The minimum absolute atomic E-state index is 0.00507. The summed E-state index contributed by atoms with van der Waals surface area (Å²) < 4.78 is 13.9. The molecule has 4 aromatic rings. The van der Waals surface area contributed by atoms with Gasteiger partial charge in [-0.2, -0.15) is 0 Å². The zero-order valence-corrected chi connectivity index (χ0v) is 17.6. The molecule has 0 unspecified atom stereocenters. The number of phenolic OH excluding ortho intramolecular Hbond substituents is 1. The summed E-state index contributed by atoms with van der Waals surface area (Å²) in [6, 6.07) is 13.2. The van der Waals surface area contributed by atoms with Crippen molar-refractivity contribution in [3.8, 4) is 16.9 Å². The average molecular weight is 431 g/mol. The van der Waals surface area contributed by atoms with Crippen LogP contribution in [0.15, 0.2) is 48.5 Å². The van der Waals surface area contributed by atoms with Gasteiger partial charge in [-0.3, -0.25) is 9.59 Å². The van der Waals surface area contributed by atoms with E-state index in [4.69, 9.17) is 0 Å². The zero-order chi connectivity index (χ0) is 22.4. The molecule has 1 saturated heterocycles. The lowest BCUT2D eigenvalue weighted by Crippen LogP contribution is -2.47. The first-order chi connectivity index (χ1) is 15.4. The van der Waals surface area contributed by atoms with Crippen LogP contribution in [0, 0.1) is 5.82 Å². The fourth-order valence-corrected chi connectivity index (χ4v) is 4.30. The van der Waals surface area contributed by atoms with Crippen LogP contribution in [-0.2, 0) is 0 Å². The number of H-pyrrole nitrogens is 1. The van der Waals surface area contributed by atoms with Gasteiger partial charge in [-0.25, -0.2) is 4.39 Å². The number of phenols is 1. The average Bonchev–Trinajstić information content (AvgIpc) is 3.18. The van der Waals surface area contributed by atoms with Gasteiger partial charge in [0.05, 0.1) is 5.52 Å². The van der Waals surface area contributed by atoms with Gasteiger partial charge in [-0.1, -0.05) is 12.1 Å².